The fourth-order valence-corrected chi connectivity index (χ4v) is 8.33. The largest absolute Gasteiger partial charge is 0.479 e. The second kappa shape index (κ2) is 10.7. The number of nitrogen functional groups attached to an aromatic ring is 1. The number of aromatic nitrogens is 4. The van der Waals surface area contributed by atoms with Gasteiger partial charge in [-0.2, -0.15) is 9.97 Å². The first-order valence-corrected chi connectivity index (χ1v) is 15.3. The second-order valence-electron chi connectivity index (χ2n) is 9.37. The maximum atomic E-state index is 13.3. The van der Waals surface area contributed by atoms with E-state index in [0.29, 0.717) is 0 Å². The number of imidazole rings is 1. The lowest BCUT2D eigenvalue weighted by Crippen LogP contribution is -2.44. The lowest BCUT2D eigenvalue weighted by molar-refractivity contribution is -0.150. The monoisotopic (exact) mass is 580 g/mol. The Bertz CT molecular complexity index is 1410. The maximum absolute atomic E-state index is 13.3. The quantitative estimate of drug-likeness (QED) is 0.221. The lowest BCUT2D eigenvalue weighted by Gasteiger charge is -2.27. The van der Waals surface area contributed by atoms with Crippen LogP contribution < -0.4 is 15.6 Å². The van der Waals surface area contributed by atoms with Gasteiger partial charge in [0.15, 0.2) is 17.4 Å². The zero-order valence-corrected chi connectivity index (χ0v) is 23.0. The summed E-state index contributed by atoms with van der Waals surface area (Å²) in [5.41, 5.74) is 5.33. The third-order valence-corrected chi connectivity index (χ3v) is 10.6. The predicted octanol–water partition coefficient (Wildman–Crippen LogP) is 1.56. The van der Waals surface area contributed by atoms with Crippen LogP contribution >= 0.6 is 18.1 Å². The van der Waals surface area contributed by atoms with E-state index in [2.05, 4.69) is 20.0 Å². The van der Waals surface area contributed by atoms with E-state index in [9.17, 15) is 19.6 Å². The van der Waals surface area contributed by atoms with Crippen LogP contribution in [0.5, 0.6) is 5.88 Å². The molecule has 39 heavy (non-hydrogen) atoms. The number of carbonyl (C=O) groups excluding carboxylic acids is 1. The van der Waals surface area contributed by atoms with E-state index in [1.807, 2.05) is 30.3 Å². The van der Waals surface area contributed by atoms with Crippen LogP contribution in [0.1, 0.15) is 31.7 Å². The molecule has 0 bridgehead atoms. The molecule has 7 atom stereocenters. The van der Waals surface area contributed by atoms with Crippen molar-refractivity contribution in [3.8, 4) is 5.88 Å². The Labute approximate surface area is 227 Å². The SMILES string of the molecule is COc1nc(N)nc2c1ncn2[C@@H]1OC(COP2(=O)NC(C(=O)OC(C)c3ccccc3)CS2)[C@@H](O)[C@@]1(C)O. The number of fused-ring (bicyclic) bond motifs is 1. The van der Waals surface area contributed by atoms with Crippen molar-refractivity contribution in [1.82, 2.24) is 24.6 Å². The Morgan fingerprint density at radius 1 is 1.38 bits per heavy atom. The Hall–Kier alpha value is -2.78. The van der Waals surface area contributed by atoms with Crippen LogP contribution in [-0.4, -0.2) is 79.0 Å². The summed E-state index contributed by atoms with van der Waals surface area (Å²) in [7, 11) is 1.41. The van der Waals surface area contributed by atoms with E-state index < -0.39 is 48.9 Å². The molecule has 4 heterocycles. The number of anilines is 1. The molecule has 0 radical (unpaired) electrons. The molecule has 14 nitrogen and oxygen atoms in total. The minimum Gasteiger partial charge on any atom is -0.479 e. The molecule has 2 saturated heterocycles. The number of aliphatic hydroxyl groups excluding tert-OH is 1. The van der Waals surface area contributed by atoms with Crippen molar-refractivity contribution in [2.75, 3.05) is 25.2 Å². The van der Waals surface area contributed by atoms with Crippen LogP contribution in [0.25, 0.3) is 11.2 Å². The van der Waals surface area contributed by atoms with Gasteiger partial charge >= 0.3 is 12.7 Å². The standard InChI is InChI=1S/C23H29N6O8PS/c1-12(13-7-5-4-6-8-13)36-20(31)14-10-39-38(33,28-14)35-9-15-17(30)23(2,32)21(37-15)29-11-25-16-18(29)26-22(24)27-19(16)34-3/h4-8,11-12,14-15,17,21,30,32H,9-10H2,1-3H3,(H,28,33)(H2,24,26,27)/t12?,14?,15?,17-,21-,23-,38?/m1/s1. The van der Waals surface area contributed by atoms with Gasteiger partial charge in [0.1, 0.15) is 30.0 Å². The minimum absolute atomic E-state index is 0.0761. The molecule has 0 saturated carbocycles. The molecule has 2 fully saturated rings. The number of nitrogens with zero attached hydrogens (tertiary/aromatic N) is 4. The number of rotatable bonds is 8. The van der Waals surface area contributed by atoms with Crippen LogP contribution in [-0.2, 0) is 23.4 Å². The molecule has 5 rings (SSSR count). The first kappa shape index (κ1) is 27.8. The highest BCUT2D eigenvalue weighted by Crippen LogP contribution is 2.61. The van der Waals surface area contributed by atoms with Crippen LogP contribution in [0.4, 0.5) is 5.95 Å². The summed E-state index contributed by atoms with van der Waals surface area (Å²) in [6.45, 7) is -0.719. The average Bonchev–Trinajstić information content (AvgIpc) is 3.57. The van der Waals surface area contributed by atoms with E-state index in [1.54, 1.807) is 6.92 Å². The van der Waals surface area contributed by atoms with Crippen molar-refractivity contribution in [3.63, 3.8) is 0 Å². The van der Waals surface area contributed by atoms with Crippen molar-refractivity contribution >= 4 is 41.2 Å². The zero-order valence-electron chi connectivity index (χ0n) is 21.3. The summed E-state index contributed by atoms with van der Waals surface area (Å²) >= 11 is 0.956. The first-order chi connectivity index (χ1) is 18.5. The summed E-state index contributed by atoms with van der Waals surface area (Å²) in [6, 6.07) is 8.43. The molecule has 5 N–H and O–H groups in total. The number of hydrogen-bond acceptors (Lipinski definition) is 13. The smallest absolute Gasteiger partial charge is 0.327 e. The summed E-state index contributed by atoms with van der Waals surface area (Å²) in [5, 5.41) is 24.7. The third-order valence-electron chi connectivity index (χ3n) is 6.59. The number of nitrogens with one attached hydrogen (secondary N) is 1. The second-order valence-corrected chi connectivity index (χ2v) is 13.7. The molecule has 210 valence electrons. The van der Waals surface area contributed by atoms with Gasteiger partial charge in [-0.15, -0.1) is 0 Å². The van der Waals surface area contributed by atoms with Crippen molar-refractivity contribution < 1.29 is 38.3 Å². The lowest BCUT2D eigenvalue weighted by atomic mass is 9.96. The minimum atomic E-state index is -3.53. The van der Waals surface area contributed by atoms with E-state index in [4.69, 9.17) is 24.5 Å². The van der Waals surface area contributed by atoms with Gasteiger partial charge in [-0.05, 0) is 19.4 Å². The Balaban J connectivity index is 1.23. The molecule has 2 aliphatic rings. The van der Waals surface area contributed by atoms with Crippen molar-refractivity contribution in [3.05, 3.63) is 42.2 Å². The van der Waals surface area contributed by atoms with E-state index in [-0.39, 0.29) is 35.4 Å². The van der Waals surface area contributed by atoms with Gasteiger partial charge in [-0.3, -0.25) is 13.9 Å². The normalized spacial score (nSPS) is 31.4. The van der Waals surface area contributed by atoms with Crippen molar-refractivity contribution in [1.29, 1.82) is 0 Å². The Morgan fingerprint density at radius 3 is 2.85 bits per heavy atom. The number of nitrogens with two attached hydrogens (primary N) is 1. The number of ether oxygens (including phenoxy) is 3. The zero-order chi connectivity index (χ0) is 27.9. The van der Waals surface area contributed by atoms with E-state index in [0.717, 1.165) is 16.9 Å². The van der Waals surface area contributed by atoms with Gasteiger partial charge in [0.25, 0.3) is 0 Å². The van der Waals surface area contributed by atoms with Gasteiger partial charge in [-0.25, -0.2) is 10.1 Å². The fraction of sp³-hybridized carbons (Fsp3) is 0.478. The van der Waals surface area contributed by atoms with Gasteiger partial charge < -0.3 is 34.7 Å². The van der Waals surface area contributed by atoms with Gasteiger partial charge in [-0.1, -0.05) is 41.7 Å². The molecule has 2 aliphatic heterocycles. The Morgan fingerprint density at radius 2 is 2.13 bits per heavy atom. The summed E-state index contributed by atoms with van der Waals surface area (Å²) in [6.07, 6.45) is -2.75. The number of methoxy groups -OCH3 is 1. The molecular weight excluding hydrogens is 551 g/mol. The van der Waals surface area contributed by atoms with Crippen LogP contribution in [0.15, 0.2) is 36.7 Å². The van der Waals surface area contributed by atoms with Crippen molar-refractivity contribution in [2.24, 2.45) is 0 Å². The highest BCUT2D eigenvalue weighted by Gasteiger charge is 2.54. The summed E-state index contributed by atoms with van der Waals surface area (Å²) in [5.74, 6) is -0.310. The average molecular weight is 581 g/mol. The Kier molecular flexibility index (Phi) is 7.59. The number of carbonyl (C=O) groups is 1. The maximum Gasteiger partial charge on any atom is 0.327 e. The first-order valence-electron chi connectivity index (χ1n) is 12.0. The van der Waals surface area contributed by atoms with Crippen molar-refractivity contribution in [2.45, 2.75) is 50.0 Å². The number of aliphatic hydroxyl groups is 2. The van der Waals surface area contributed by atoms with Gasteiger partial charge in [0.05, 0.1) is 20.0 Å². The molecule has 0 aliphatic carbocycles. The molecule has 4 unspecified atom stereocenters. The highest BCUT2D eigenvalue weighted by molar-refractivity contribution is 8.56. The topological polar surface area (TPSA) is 193 Å². The molecule has 3 aromatic rings. The van der Waals surface area contributed by atoms with Crippen LogP contribution in [0, 0.1) is 0 Å². The van der Waals surface area contributed by atoms with Crippen LogP contribution in [0.2, 0.25) is 0 Å². The molecule has 0 spiro atoms. The van der Waals surface area contributed by atoms with Gasteiger partial charge in [0.2, 0.25) is 11.8 Å². The summed E-state index contributed by atoms with van der Waals surface area (Å²) < 4.78 is 37.0. The molecule has 0 amide bonds. The molecular formula is C23H29N6O8PS. The highest BCUT2D eigenvalue weighted by atomic mass is 32.7. The molecule has 2 aromatic heterocycles. The number of esters is 1. The third kappa shape index (κ3) is 5.35. The molecule has 16 heteroatoms. The van der Waals surface area contributed by atoms with E-state index >= 15 is 0 Å². The number of benzene rings is 1. The van der Waals surface area contributed by atoms with E-state index in [1.165, 1.54) is 24.9 Å². The fourth-order valence-electron chi connectivity index (χ4n) is 4.45. The van der Waals surface area contributed by atoms with Crippen LogP contribution in [0.3, 0.4) is 0 Å². The number of hydrogen-bond donors (Lipinski definition) is 4. The summed E-state index contributed by atoms with van der Waals surface area (Å²) in [4.78, 5) is 25.0. The predicted molar refractivity (Wildman–Crippen MR) is 141 cm³/mol. The van der Waals surface area contributed by atoms with Gasteiger partial charge in [0, 0.05) is 5.75 Å². The molecule has 1 aromatic carbocycles.